The van der Waals surface area contributed by atoms with E-state index in [2.05, 4.69) is 19.0 Å². The first kappa shape index (κ1) is 15.4. The van der Waals surface area contributed by atoms with Crippen molar-refractivity contribution in [3.8, 4) is 5.75 Å². The number of nitro benzene ring substituents is 1. The quantitative estimate of drug-likeness (QED) is 0.391. The van der Waals surface area contributed by atoms with Crippen LogP contribution < -0.4 is 4.74 Å². The number of nitro groups is 1. The summed E-state index contributed by atoms with van der Waals surface area (Å²) in [5.74, 6) is 0.693. The van der Waals surface area contributed by atoms with Crippen molar-refractivity contribution in [3.63, 3.8) is 0 Å². The van der Waals surface area contributed by atoms with E-state index in [0.29, 0.717) is 12.4 Å². The Kier molecular flexibility index (Phi) is 6.89. The third-order valence-corrected chi connectivity index (χ3v) is 2.82. The molecule has 1 aromatic carbocycles. The molecule has 0 saturated carbocycles. The van der Waals surface area contributed by atoms with Crippen LogP contribution in [0.2, 0.25) is 0 Å². The first-order chi connectivity index (χ1) is 9.09. The standard InChI is InChI=1S/C14H22N2O3/c1-15(2)11-5-3-4-6-12-19-14-9-7-13(8-10-14)16(17)18/h7-10H,3-6,11-12H2,1-2H3. The zero-order valence-corrected chi connectivity index (χ0v) is 11.7. The van der Waals surface area contributed by atoms with Crippen molar-refractivity contribution in [1.29, 1.82) is 0 Å². The van der Waals surface area contributed by atoms with Crippen LogP contribution in [-0.4, -0.2) is 37.1 Å². The van der Waals surface area contributed by atoms with Gasteiger partial charge in [0.05, 0.1) is 11.5 Å². The highest BCUT2D eigenvalue weighted by atomic mass is 16.6. The van der Waals surface area contributed by atoms with Gasteiger partial charge in [0.25, 0.3) is 5.69 Å². The van der Waals surface area contributed by atoms with Gasteiger partial charge in [-0.3, -0.25) is 10.1 Å². The molecule has 0 spiro atoms. The normalized spacial score (nSPS) is 10.7. The van der Waals surface area contributed by atoms with Crippen molar-refractivity contribution in [2.24, 2.45) is 0 Å². The summed E-state index contributed by atoms with van der Waals surface area (Å²) < 4.78 is 5.54. The smallest absolute Gasteiger partial charge is 0.269 e. The van der Waals surface area contributed by atoms with E-state index in [0.717, 1.165) is 19.4 Å². The fourth-order valence-electron chi connectivity index (χ4n) is 1.74. The molecule has 0 atom stereocenters. The van der Waals surface area contributed by atoms with Crippen LogP contribution in [0.4, 0.5) is 5.69 Å². The van der Waals surface area contributed by atoms with E-state index < -0.39 is 4.92 Å². The predicted octanol–water partition coefficient (Wildman–Crippen LogP) is 3.10. The summed E-state index contributed by atoms with van der Waals surface area (Å²) >= 11 is 0. The summed E-state index contributed by atoms with van der Waals surface area (Å²) in [5.41, 5.74) is 0.0936. The van der Waals surface area contributed by atoms with E-state index in [1.807, 2.05) is 0 Å². The molecule has 19 heavy (non-hydrogen) atoms. The molecular weight excluding hydrogens is 244 g/mol. The molecule has 0 aliphatic rings. The largest absolute Gasteiger partial charge is 0.494 e. The van der Waals surface area contributed by atoms with Crippen LogP contribution in [0, 0.1) is 10.1 Å². The summed E-state index contributed by atoms with van der Waals surface area (Å²) in [6.45, 7) is 1.79. The summed E-state index contributed by atoms with van der Waals surface area (Å²) in [4.78, 5) is 12.3. The SMILES string of the molecule is CN(C)CCCCCCOc1ccc([N+](=O)[O-])cc1. The Hall–Kier alpha value is -1.62. The van der Waals surface area contributed by atoms with Gasteiger partial charge < -0.3 is 9.64 Å². The van der Waals surface area contributed by atoms with Crippen LogP contribution in [0.1, 0.15) is 25.7 Å². The van der Waals surface area contributed by atoms with Gasteiger partial charge in [0.15, 0.2) is 0 Å². The molecule has 0 amide bonds. The Morgan fingerprint density at radius 3 is 2.32 bits per heavy atom. The zero-order valence-electron chi connectivity index (χ0n) is 11.7. The average molecular weight is 266 g/mol. The minimum atomic E-state index is -0.408. The van der Waals surface area contributed by atoms with Gasteiger partial charge in [0, 0.05) is 12.1 Å². The number of hydrogen-bond donors (Lipinski definition) is 0. The predicted molar refractivity (Wildman–Crippen MR) is 75.6 cm³/mol. The lowest BCUT2D eigenvalue weighted by atomic mass is 10.2. The number of rotatable bonds is 9. The molecule has 0 aliphatic carbocycles. The van der Waals surface area contributed by atoms with Crippen LogP contribution >= 0.6 is 0 Å². The molecule has 0 aromatic heterocycles. The van der Waals surface area contributed by atoms with Crippen LogP contribution in [0.25, 0.3) is 0 Å². The van der Waals surface area contributed by atoms with Crippen molar-refractivity contribution < 1.29 is 9.66 Å². The van der Waals surface area contributed by atoms with Crippen molar-refractivity contribution in [3.05, 3.63) is 34.4 Å². The fourth-order valence-corrected chi connectivity index (χ4v) is 1.74. The Morgan fingerprint density at radius 1 is 1.11 bits per heavy atom. The molecule has 1 rings (SSSR count). The second kappa shape index (κ2) is 8.48. The molecule has 0 N–H and O–H groups in total. The Bertz CT molecular complexity index is 377. The molecule has 0 aliphatic heterocycles. The number of nitrogens with zero attached hydrogens (tertiary/aromatic N) is 2. The van der Waals surface area contributed by atoms with Crippen molar-refractivity contribution in [2.75, 3.05) is 27.2 Å². The minimum Gasteiger partial charge on any atom is -0.494 e. The molecule has 5 nitrogen and oxygen atoms in total. The van der Waals surface area contributed by atoms with E-state index in [-0.39, 0.29) is 5.69 Å². The minimum absolute atomic E-state index is 0.0936. The third-order valence-electron chi connectivity index (χ3n) is 2.82. The number of benzene rings is 1. The molecule has 5 heteroatoms. The van der Waals surface area contributed by atoms with Gasteiger partial charge in [0.1, 0.15) is 5.75 Å². The van der Waals surface area contributed by atoms with E-state index in [9.17, 15) is 10.1 Å². The highest BCUT2D eigenvalue weighted by Crippen LogP contribution is 2.17. The van der Waals surface area contributed by atoms with Crippen LogP contribution in [0.3, 0.4) is 0 Å². The van der Waals surface area contributed by atoms with E-state index in [1.54, 1.807) is 12.1 Å². The lowest BCUT2D eigenvalue weighted by Gasteiger charge is -2.09. The lowest BCUT2D eigenvalue weighted by molar-refractivity contribution is -0.384. The zero-order chi connectivity index (χ0) is 14.1. The number of hydrogen-bond acceptors (Lipinski definition) is 4. The van der Waals surface area contributed by atoms with Crippen molar-refractivity contribution >= 4 is 5.69 Å². The van der Waals surface area contributed by atoms with Crippen LogP contribution in [0.15, 0.2) is 24.3 Å². The number of unbranched alkanes of at least 4 members (excludes halogenated alkanes) is 3. The van der Waals surface area contributed by atoms with Gasteiger partial charge >= 0.3 is 0 Å². The molecule has 106 valence electrons. The summed E-state index contributed by atoms with van der Waals surface area (Å²) in [5, 5.41) is 10.5. The Balaban J connectivity index is 2.11. The molecule has 0 unspecified atom stereocenters. The molecule has 0 fully saturated rings. The third kappa shape index (κ3) is 6.76. The number of non-ortho nitro benzene ring substituents is 1. The monoisotopic (exact) mass is 266 g/mol. The molecule has 0 saturated heterocycles. The summed E-state index contributed by atoms with van der Waals surface area (Å²) in [6.07, 6.45) is 4.59. The van der Waals surface area contributed by atoms with Gasteiger partial charge in [-0.1, -0.05) is 12.8 Å². The Morgan fingerprint density at radius 2 is 1.74 bits per heavy atom. The van der Waals surface area contributed by atoms with E-state index in [4.69, 9.17) is 4.74 Å². The van der Waals surface area contributed by atoms with Gasteiger partial charge in [0.2, 0.25) is 0 Å². The maximum Gasteiger partial charge on any atom is 0.269 e. The maximum atomic E-state index is 10.5. The second-order valence-corrected chi connectivity index (χ2v) is 4.82. The van der Waals surface area contributed by atoms with Gasteiger partial charge in [-0.2, -0.15) is 0 Å². The molecule has 0 bridgehead atoms. The highest BCUT2D eigenvalue weighted by molar-refractivity contribution is 5.35. The first-order valence-electron chi connectivity index (χ1n) is 6.61. The van der Waals surface area contributed by atoms with E-state index >= 15 is 0 Å². The first-order valence-corrected chi connectivity index (χ1v) is 6.61. The Labute approximate surface area is 114 Å². The summed E-state index contributed by atoms with van der Waals surface area (Å²) in [7, 11) is 4.16. The van der Waals surface area contributed by atoms with Crippen molar-refractivity contribution in [1.82, 2.24) is 4.90 Å². The highest BCUT2D eigenvalue weighted by Gasteiger charge is 2.03. The van der Waals surface area contributed by atoms with Gasteiger partial charge in [-0.25, -0.2) is 0 Å². The molecule has 0 radical (unpaired) electrons. The molecule has 0 heterocycles. The fraction of sp³-hybridized carbons (Fsp3) is 0.571. The topological polar surface area (TPSA) is 55.6 Å². The molecular formula is C14H22N2O3. The summed E-state index contributed by atoms with van der Waals surface area (Å²) in [6, 6.07) is 6.22. The van der Waals surface area contributed by atoms with Gasteiger partial charge in [-0.05, 0) is 45.6 Å². The average Bonchev–Trinajstić information content (AvgIpc) is 2.38. The van der Waals surface area contributed by atoms with Gasteiger partial charge in [-0.15, -0.1) is 0 Å². The van der Waals surface area contributed by atoms with Crippen molar-refractivity contribution in [2.45, 2.75) is 25.7 Å². The number of ether oxygens (including phenoxy) is 1. The lowest BCUT2D eigenvalue weighted by Crippen LogP contribution is -2.12. The maximum absolute atomic E-state index is 10.5. The molecule has 1 aromatic rings. The van der Waals surface area contributed by atoms with Crippen LogP contribution in [-0.2, 0) is 0 Å². The van der Waals surface area contributed by atoms with Crippen LogP contribution in [0.5, 0.6) is 5.75 Å². The van der Waals surface area contributed by atoms with E-state index in [1.165, 1.54) is 25.0 Å². The second-order valence-electron chi connectivity index (χ2n) is 4.82.